The molecule has 1 heteroatoms. The van der Waals surface area contributed by atoms with Crippen LogP contribution in [0.3, 0.4) is 0 Å². The van der Waals surface area contributed by atoms with E-state index in [0.717, 1.165) is 19.5 Å². The number of nitrogens with two attached hydrogens (primary N) is 1. The van der Waals surface area contributed by atoms with Gasteiger partial charge in [0.25, 0.3) is 0 Å². The second-order valence-electron chi connectivity index (χ2n) is 6.46. The van der Waals surface area contributed by atoms with Crippen molar-refractivity contribution in [2.45, 2.75) is 39.2 Å². The fourth-order valence-corrected chi connectivity index (χ4v) is 2.32. The Labute approximate surface area is 123 Å². The van der Waals surface area contributed by atoms with E-state index in [9.17, 15) is 0 Å². The minimum atomic E-state index is 0.246. The molecule has 0 aliphatic heterocycles. The van der Waals surface area contributed by atoms with Crippen LogP contribution in [0.4, 0.5) is 0 Å². The molecular weight excluding hydrogens is 242 g/mol. The topological polar surface area (TPSA) is 16.6 Å². The third-order valence-electron chi connectivity index (χ3n) is 3.68. The van der Waals surface area contributed by atoms with E-state index >= 15 is 0 Å². The summed E-state index contributed by atoms with van der Waals surface area (Å²) in [6.45, 7) is 8.98. The monoisotopic (exact) mass is 268 g/mol. The molecule has 0 aliphatic rings. The lowest BCUT2D eigenvalue weighted by Crippen LogP contribution is -2.83. The van der Waals surface area contributed by atoms with Crippen molar-refractivity contribution in [3.63, 3.8) is 0 Å². The summed E-state index contributed by atoms with van der Waals surface area (Å²) in [5.41, 5.74) is 4.48. The molecule has 0 aromatic heterocycles. The summed E-state index contributed by atoms with van der Waals surface area (Å²) in [6, 6.07) is 19.8. The molecule has 0 atom stereocenters. The fourth-order valence-electron chi connectivity index (χ4n) is 2.32. The van der Waals surface area contributed by atoms with Gasteiger partial charge in [0, 0.05) is 12.0 Å². The van der Waals surface area contributed by atoms with Gasteiger partial charge in [-0.25, -0.2) is 0 Å². The van der Waals surface area contributed by atoms with E-state index in [1.54, 1.807) is 0 Å². The van der Waals surface area contributed by atoms with Crippen molar-refractivity contribution in [2.75, 3.05) is 6.54 Å². The van der Waals surface area contributed by atoms with Crippen LogP contribution >= 0.6 is 0 Å². The molecule has 0 saturated heterocycles. The van der Waals surface area contributed by atoms with Gasteiger partial charge in [-0.05, 0) is 16.5 Å². The molecule has 0 amide bonds. The quantitative estimate of drug-likeness (QED) is 0.801. The Hall–Kier alpha value is -1.60. The highest BCUT2D eigenvalue weighted by Crippen LogP contribution is 2.21. The smallest absolute Gasteiger partial charge is 0.101 e. The molecule has 0 saturated carbocycles. The maximum Gasteiger partial charge on any atom is 0.101 e. The molecule has 2 aromatic carbocycles. The number of benzene rings is 2. The zero-order chi connectivity index (χ0) is 14.4. The SMILES string of the molecule is CC(C)(C)c1ccc(C[NH2+]CCc2ccccc2)cc1. The minimum Gasteiger partial charge on any atom is -0.342 e. The van der Waals surface area contributed by atoms with E-state index in [4.69, 9.17) is 0 Å². The van der Waals surface area contributed by atoms with Crippen LogP contribution in [0.5, 0.6) is 0 Å². The van der Waals surface area contributed by atoms with E-state index in [2.05, 4.69) is 80.7 Å². The van der Waals surface area contributed by atoms with Gasteiger partial charge in [0.2, 0.25) is 0 Å². The van der Waals surface area contributed by atoms with Crippen molar-refractivity contribution >= 4 is 0 Å². The highest BCUT2D eigenvalue weighted by atomic mass is 14.8. The number of rotatable bonds is 5. The van der Waals surface area contributed by atoms with Crippen LogP contribution in [0.15, 0.2) is 54.6 Å². The predicted octanol–water partition coefficient (Wildman–Crippen LogP) is 3.29. The first-order valence-corrected chi connectivity index (χ1v) is 7.51. The van der Waals surface area contributed by atoms with Crippen molar-refractivity contribution in [3.05, 3.63) is 71.3 Å². The fraction of sp³-hybridized carbons (Fsp3) is 0.368. The Balaban J connectivity index is 1.77. The average molecular weight is 268 g/mol. The van der Waals surface area contributed by atoms with Crippen LogP contribution in [0.25, 0.3) is 0 Å². The first-order chi connectivity index (χ1) is 9.55. The first-order valence-electron chi connectivity index (χ1n) is 7.51. The summed E-state index contributed by atoms with van der Waals surface area (Å²) < 4.78 is 0. The Bertz CT molecular complexity index is 506. The van der Waals surface area contributed by atoms with Crippen LogP contribution in [0.1, 0.15) is 37.5 Å². The number of hydrogen-bond donors (Lipinski definition) is 1. The highest BCUT2D eigenvalue weighted by Gasteiger charge is 2.12. The van der Waals surface area contributed by atoms with Crippen LogP contribution in [0, 0.1) is 0 Å². The maximum absolute atomic E-state index is 2.39. The van der Waals surface area contributed by atoms with Gasteiger partial charge in [-0.1, -0.05) is 75.4 Å². The van der Waals surface area contributed by atoms with E-state index in [1.165, 1.54) is 16.7 Å². The number of hydrogen-bond acceptors (Lipinski definition) is 0. The second kappa shape index (κ2) is 6.71. The first kappa shape index (κ1) is 14.8. The summed E-state index contributed by atoms with van der Waals surface area (Å²) in [4.78, 5) is 0. The lowest BCUT2D eigenvalue weighted by atomic mass is 9.87. The molecule has 0 fully saturated rings. The Morgan fingerprint density at radius 3 is 2.05 bits per heavy atom. The third kappa shape index (κ3) is 4.50. The molecule has 0 spiro atoms. The van der Waals surface area contributed by atoms with Crippen molar-refractivity contribution < 1.29 is 5.32 Å². The zero-order valence-electron chi connectivity index (χ0n) is 12.9. The van der Waals surface area contributed by atoms with Crippen LogP contribution in [-0.4, -0.2) is 6.54 Å². The van der Waals surface area contributed by atoms with Crippen molar-refractivity contribution in [1.29, 1.82) is 0 Å². The molecule has 0 radical (unpaired) electrons. The van der Waals surface area contributed by atoms with E-state index in [0.29, 0.717) is 0 Å². The molecule has 0 heterocycles. The van der Waals surface area contributed by atoms with Gasteiger partial charge in [0.05, 0.1) is 6.54 Å². The van der Waals surface area contributed by atoms with Gasteiger partial charge in [0.1, 0.15) is 6.54 Å². The standard InChI is InChI=1S/C19H25N/c1-19(2,3)18-11-9-17(10-12-18)15-20-14-13-16-7-5-4-6-8-16/h4-12,20H,13-15H2,1-3H3/p+1. The summed E-state index contributed by atoms with van der Waals surface area (Å²) in [6.07, 6.45) is 1.14. The van der Waals surface area contributed by atoms with Gasteiger partial charge in [-0.15, -0.1) is 0 Å². The number of quaternary nitrogens is 1. The Morgan fingerprint density at radius 2 is 1.45 bits per heavy atom. The highest BCUT2D eigenvalue weighted by molar-refractivity contribution is 5.27. The average Bonchev–Trinajstić information content (AvgIpc) is 2.44. The van der Waals surface area contributed by atoms with Crippen LogP contribution in [-0.2, 0) is 18.4 Å². The summed E-state index contributed by atoms with van der Waals surface area (Å²) in [5.74, 6) is 0. The summed E-state index contributed by atoms with van der Waals surface area (Å²) in [7, 11) is 0. The Kier molecular flexibility index (Phi) is 4.97. The molecule has 106 valence electrons. The van der Waals surface area contributed by atoms with E-state index in [-0.39, 0.29) is 5.41 Å². The molecule has 2 aromatic rings. The van der Waals surface area contributed by atoms with Gasteiger partial charge < -0.3 is 5.32 Å². The Morgan fingerprint density at radius 1 is 0.800 bits per heavy atom. The molecule has 2 N–H and O–H groups in total. The van der Waals surface area contributed by atoms with Gasteiger partial charge in [-0.2, -0.15) is 0 Å². The van der Waals surface area contributed by atoms with E-state index in [1.807, 2.05) is 0 Å². The lowest BCUT2D eigenvalue weighted by Gasteiger charge is -2.18. The largest absolute Gasteiger partial charge is 0.342 e. The summed E-state index contributed by atoms with van der Waals surface area (Å²) >= 11 is 0. The molecule has 1 nitrogen and oxygen atoms in total. The molecule has 0 bridgehead atoms. The third-order valence-corrected chi connectivity index (χ3v) is 3.68. The molecule has 0 unspecified atom stereocenters. The van der Waals surface area contributed by atoms with Crippen LogP contribution < -0.4 is 5.32 Å². The molecule has 0 aliphatic carbocycles. The minimum absolute atomic E-state index is 0.246. The molecule has 20 heavy (non-hydrogen) atoms. The predicted molar refractivity (Wildman–Crippen MR) is 85.8 cm³/mol. The molecular formula is C19H26N+. The second-order valence-corrected chi connectivity index (χ2v) is 6.46. The van der Waals surface area contributed by atoms with Crippen molar-refractivity contribution in [1.82, 2.24) is 0 Å². The normalized spacial score (nSPS) is 11.6. The van der Waals surface area contributed by atoms with Crippen molar-refractivity contribution in [2.24, 2.45) is 0 Å². The molecule has 2 rings (SSSR count). The van der Waals surface area contributed by atoms with Crippen LogP contribution in [0.2, 0.25) is 0 Å². The van der Waals surface area contributed by atoms with Crippen molar-refractivity contribution in [3.8, 4) is 0 Å². The van der Waals surface area contributed by atoms with E-state index < -0.39 is 0 Å². The lowest BCUT2D eigenvalue weighted by molar-refractivity contribution is -0.670. The zero-order valence-corrected chi connectivity index (χ0v) is 12.9. The maximum atomic E-state index is 2.39. The van der Waals surface area contributed by atoms with Gasteiger partial charge >= 0.3 is 0 Å². The van der Waals surface area contributed by atoms with Gasteiger partial charge in [-0.3, -0.25) is 0 Å². The van der Waals surface area contributed by atoms with Gasteiger partial charge in [0.15, 0.2) is 0 Å². The summed E-state index contributed by atoms with van der Waals surface area (Å²) in [5, 5.41) is 2.39.